The van der Waals surface area contributed by atoms with Crippen LogP contribution >= 0.6 is 11.3 Å². The molecule has 2 aromatic rings. The summed E-state index contributed by atoms with van der Waals surface area (Å²) in [5.41, 5.74) is 3.63. The quantitative estimate of drug-likeness (QED) is 0.433. The Morgan fingerprint density at radius 3 is 2.56 bits per heavy atom. The molecule has 1 aliphatic heterocycles. The molecule has 1 aromatic carbocycles. The van der Waals surface area contributed by atoms with Crippen molar-refractivity contribution < 1.29 is 0 Å². The Labute approximate surface area is 166 Å². The van der Waals surface area contributed by atoms with E-state index in [0.717, 1.165) is 36.3 Å². The highest BCUT2D eigenvalue weighted by Gasteiger charge is 2.08. The molecule has 0 radical (unpaired) electrons. The molecule has 0 amide bonds. The molecule has 0 saturated heterocycles. The minimum absolute atomic E-state index is 0.469. The van der Waals surface area contributed by atoms with Gasteiger partial charge in [-0.3, -0.25) is 0 Å². The number of hydrogen-bond acceptors (Lipinski definition) is 4. The summed E-state index contributed by atoms with van der Waals surface area (Å²) in [5.74, 6) is 1.29. The SMILES string of the molecule is CCNC(=NCc1ccc(N2CC=CC2)cc1)NCc1nc(C(C)C)cs1. The predicted octanol–water partition coefficient (Wildman–Crippen LogP) is 3.90. The van der Waals surface area contributed by atoms with E-state index in [2.05, 4.69) is 83.1 Å². The number of anilines is 1. The Morgan fingerprint density at radius 2 is 1.93 bits per heavy atom. The zero-order valence-electron chi connectivity index (χ0n) is 16.4. The molecule has 0 saturated carbocycles. The average molecular weight is 384 g/mol. The molecule has 1 aromatic heterocycles. The molecule has 0 aliphatic carbocycles. The summed E-state index contributed by atoms with van der Waals surface area (Å²) in [5, 5.41) is 9.93. The lowest BCUT2D eigenvalue weighted by Crippen LogP contribution is -2.36. The van der Waals surface area contributed by atoms with E-state index in [9.17, 15) is 0 Å². The summed E-state index contributed by atoms with van der Waals surface area (Å²) in [4.78, 5) is 11.7. The Morgan fingerprint density at radius 1 is 1.19 bits per heavy atom. The Bertz CT molecular complexity index is 768. The number of aromatic nitrogens is 1. The van der Waals surface area contributed by atoms with Crippen molar-refractivity contribution in [3.05, 3.63) is 58.1 Å². The third-order valence-electron chi connectivity index (χ3n) is 4.45. The Hall–Kier alpha value is -2.34. The van der Waals surface area contributed by atoms with Gasteiger partial charge in [-0.25, -0.2) is 9.98 Å². The number of hydrogen-bond donors (Lipinski definition) is 2. The molecule has 5 nitrogen and oxygen atoms in total. The molecule has 6 heteroatoms. The molecule has 144 valence electrons. The first-order valence-electron chi connectivity index (χ1n) is 9.61. The van der Waals surface area contributed by atoms with Gasteiger partial charge < -0.3 is 15.5 Å². The van der Waals surface area contributed by atoms with Gasteiger partial charge in [0.2, 0.25) is 0 Å². The highest BCUT2D eigenvalue weighted by molar-refractivity contribution is 7.09. The highest BCUT2D eigenvalue weighted by Crippen LogP contribution is 2.18. The van der Waals surface area contributed by atoms with Crippen LogP contribution in [0, 0.1) is 0 Å². The van der Waals surface area contributed by atoms with Crippen LogP contribution in [0.1, 0.15) is 43.0 Å². The summed E-state index contributed by atoms with van der Waals surface area (Å²) in [7, 11) is 0. The standard InChI is InChI=1S/C21H29N5S/c1-4-22-21(24-14-20-25-19(15-27-20)16(2)3)23-13-17-7-9-18(10-8-17)26-11-5-6-12-26/h5-10,15-16H,4,11-14H2,1-3H3,(H2,22,23,24). The van der Waals surface area contributed by atoms with E-state index in [4.69, 9.17) is 4.99 Å². The third-order valence-corrected chi connectivity index (χ3v) is 5.32. The van der Waals surface area contributed by atoms with Crippen molar-refractivity contribution in [1.82, 2.24) is 15.6 Å². The zero-order chi connectivity index (χ0) is 19.1. The van der Waals surface area contributed by atoms with E-state index in [1.165, 1.54) is 11.3 Å². The van der Waals surface area contributed by atoms with Gasteiger partial charge >= 0.3 is 0 Å². The third kappa shape index (κ3) is 5.57. The number of aliphatic imine (C=N–C) groups is 1. The molecule has 1 aliphatic rings. The van der Waals surface area contributed by atoms with E-state index in [-0.39, 0.29) is 0 Å². The predicted molar refractivity (Wildman–Crippen MR) is 116 cm³/mol. The summed E-state index contributed by atoms with van der Waals surface area (Å²) in [6, 6.07) is 8.69. The van der Waals surface area contributed by atoms with E-state index in [0.29, 0.717) is 19.0 Å². The Balaban J connectivity index is 1.56. The molecule has 3 rings (SSSR count). The molecule has 2 heterocycles. The second-order valence-corrected chi connectivity index (χ2v) is 7.86. The highest BCUT2D eigenvalue weighted by atomic mass is 32.1. The van der Waals surface area contributed by atoms with Crippen LogP contribution in [0.25, 0.3) is 0 Å². The van der Waals surface area contributed by atoms with Crippen molar-refractivity contribution in [1.29, 1.82) is 0 Å². The molecule has 0 spiro atoms. The van der Waals surface area contributed by atoms with Gasteiger partial charge in [0.15, 0.2) is 5.96 Å². The lowest BCUT2D eigenvalue weighted by molar-refractivity contribution is 0.788. The summed E-state index contributed by atoms with van der Waals surface area (Å²) in [6.45, 7) is 10.6. The molecule has 0 fully saturated rings. The van der Waals surface area contributed by atoms with Crippen LogP contribution in [0.4, 0.5) is 5.69 Å². The van der Waals surface area contributed by atoms with Gasteiger partial charge in [-0.2, -0.15) is 0 Å². The molecular weight excluding hydrogens is 354 g/mol. The fourth-order valence-corrected chi connectivity index (χ4v) is 3.74. The number of nitrogens with one attached hydrogen (secondary N) is 2. The number of benzene rings is 1. The second kappa shape index (κ2) is 9.55. The van der Waals surface area contributed by atoms with Gasteiger partial charge in [0, 0.05) is 30.7 Å². The number of nitrogens with zero attached hydrogens (tertiary/aromatic N) is 3. The van der Waals surface area contributed by atoms with Crippen molar-refractivity contribution in [2.45, 2.75) is 39.8 Å². The second-order valence-electron chi connectivity index (χ2n) is 6.91. The molecule has 0 bridgehead atoms. The maximum atomic E-state index is 4.71. The van der Waals surface area contributed by atoms with Crippen molar-refractivity contribution in [3.63, 3.8) is 0 Å². The van der Waals surface area contributed by atoms with Gasteiger partial charge in [-0.15, -0.1) is 11.3 Å². The maximum absolute atomic E-state index is 4.71. The topological polar surface area (TPSA) is 52.6 Å². The maximum Gasteiger partial charge on any atom is 0.191 e. The van der Waals surface area contributed by atoms with Crippen LogP contribution < -0.4 is 15.5 Å². The van der Waals surface area contributed by atoms with Crippen LogP contribution in [0.5, 0.6) is 0 Å². The lowest BCUT2D eigenvalue weighted by Gasteiger charge is -2.17. The molecule has 0 atom stereocenters. The normalized spacial score (nSPS) is 14.2. The van der Waals surface area contributed by atoms with E-state index in [1.807, 2.05) is 0 Å². The smallest absolute Gasteiger partial charge is 0.191 e. The van der Waals surface area contributed by atoms with Crippen molar-refractivity contribution in [3.8, 4) is 0 Å². The van der Waals surface area contributed by atoms with Gasteiger partial charge in [-0.1, -0.05) is 38.1 Å². The fourth-order valence-electron chi connectivity index (χ4n) is 2.84. The van der Waals surface area contributed by atoms with Crippen LogP contribution in [0.15, 0.2) is 46.8 Å². The largest absolute Gasteiger partial charge is 0.364 e. The van der Waals surface area contributed by atoms with Crippen LogP contribution in [0.2, 0.25) is 0 Å². The molecular formula is C21H29N5S. The zero-order valence-corrected chi connectivity index (χ0v) is 17.2. The van der Waals surface area contributed by atoms with Crippen molar-refractivity contribution in [2.75, 3.05) is 24.5 Å². The Kier molecular flexibility index (Phi) is 6.87. The van der Waals surface area contributed by atoms with Crippen LogP contribution in [-0.2, 0) is 13.1 Å². The summed E-state index contributed by atoms with van der Waals surface area (Å²) >= 11 is 1.70. The van der Waals surface area contributed by atoms with Crippen LogP contribution in [-0.4, -0.2) is 30.6 Å². The van der Waals surface area contributed by atoms with Gasteiger partial charge in [0.05, 0.1) is 18.8 Å². The van der Waals surface area contributed by atoms with E-state index in [1.54, 1.807) is 11.3 Å². The van der Waals surface area contributed by atoms with Gasteiger partial charge in [0.1, 0.15) is 5.01 Å². The molecule has 2 N–H and O–H groups in total. The minimum Gasteiger partial charge on any atom is -0.364 e. The van der Waals surface area contributed by atoms with Crippen molar-refractivity contribution >= 4 is 23.0 Å². The van der Waals surface area contributed by atoms with E-state index < -0.39 is 0 Å². The minimum atomic E-state index is 0.469. The molecule has 0 unspecified atom stereocenters. The summed E-state index contributed by atoms with van der Waals surface area (Å²) < 4.78 is 0. The summed E-state index contributed by atoms with van der Waals surface area (Å²) in [6.07, 6.45) is 4.41. The first kappa shape index (κ1) is 19.4. The van der Waals surface area contributed by atoms with Crippen molar-refractivity contribution in [2.24, 2.45) is 4.99 Å². The first-order valence-corrected chi connectivity index (χ1v) is 10.5. The number of guanidine groups is 1. The molecule has 27 heavy (non-hydrogen) atoms. The fraction of sp³-hybridized carbons (Fsp3) is 0.429. The van der Waals surface area contributed by atoms with Gasteiger partial charge in [0.25, 0.3) is 0 Å². The van der Waals surface area contributed by atoms with E-state index >= 15 is 0 Å². The average Bonchev–Trinajstić information content (AvgIpc) is 3.36. The van der Waals surface area contributed by atoms with Gasteiger partial charge in [-0.05, 0) is 30.5 Å². The lowest BCUT2D eigenvalue weighted by atomic mass is 10.2. The number of rotatable bonds is 7. The monoisotopic (exact) mass is 383 g/mol. The number of thiazole rings is 1. The van der Waals surface area contributed by atoms with Crippen LogP contribution in [0.3, 0.4) is 0 Å². The first-order chi connectivity index (χ1) is 13.2.